The summed E-state index contributed by atoms with van der Waals surface area (Å²) in [5.74, 6) is 0.610. The molecule has 2 aromatic carbocycles. The molecule has 0 radical (unpaired) electrons. The maximum Gasteiger partial charge on any atom is 0.277 e. The molecule has 0 spiro atoms. The minimum absolute atomic E-state index is 0.119. The third-order valence-electron chi connectivity index (χ3n) is 4.27. The van der Waals surface area contributed by atoms with E-state index in [0.29, 0.717) is 48.3 Å². The standard InChI is InChI=1S/C22H22ClNO5/c1-4-27-16-10-7-14(8-11-16)19-20(23)22(26)24(21(19)25)15-9-12-17(28-5-2)18(13-15)29-6-3/h7-13H,4-6H2,1-3H3. The lowest BCUT2D eigenvalue weighted by molar-refractivity contribution is -0.119. The number of nitrogens with zero attached hydrogens (tertiary/aromatic N) is 1. The molecule has 2 aromatic rings. The molecule has 29 heavy (non-hydrogen) atoms. The summed E-state index contributed by atoms with van der Waals surface area (Å²) in [6.07, 6.45) is 0. The van der Waals surface area contributed by atoms with Crippen LogP contribution in [0.25, 0.3) is 5.57 Å². The van der Waals surface area contributed by atoms with E-state index in [0.717, 1.165) is 4.90 Å². The second kappa shape index (κ2) is 9.01. The van der Waals surface area contributed by atoms with Crippen molar-refractivity contribution in [1.29, 1.82) is 0 Å². The highest BCUT2D eigenvalue weighted by Gasteiger charge is 2.39. The first-order valence-electron chi connectivity index (χ1n) is 9.43. The van der Waals surface area contributed by atoms with Crippen molar-refractivity contribution in [2.45, 2.75) is 20.8 Å². The Morgan fingerprint density at radius 3 is 2.03 bits per heavy atom. The molecule has 7 heteroatoms. The van der Waals surface area contributed by atoms with Gasteiger partial charge in [0.2, 0.25) is 0 Å². The predicted molar refractivity (Wildman–Crippen MR) is 112 cm³/mol. The monoisotopic (exact) mass is 415 g/mol. The second-order valence-electron chi connectivity index (χ2n) is 6.09. The zero-order chi connectivity index (χ0) is 21.0. The summed E-state index contributed by atoms with van der Waals surface area (Å²) in [5, 5.41) is -0.119. The molecule has 0 unspecified atom stereocenters. The number of anilines is 1. The lowest BCUT2D eigenvalue weighted by Crippen LogP contribution is -2.31. The Morgan fingerprint density at radius 1 is 0.793 bits per heavy atom. The molecular weight excluding hydrogens is 394 g/mol. The maximum atomic E-state index is 13.1. The molecule has 0 atom stereocenters. The minimum Gasteiger partial charge on any atom is -0.494 e. The van der Waals surface area contributed by atoms with Crippen molar-refractivity contribution in [2.75, 3.05) is 24.7 Å². The number of carbonyl (C=O) groups is 2. The summed E-state index contributed by atoms with van der Waals surface area (Å²) in [6.45, 7) is 7.02. The summed E-state index contributed by atoms with van der Waals surface area (Å²) in [7, 11) is 0. The van der Waals surface area contributed by atoms with Gasteiger partial charge in [-0.05, 0) is 50.6 Å². The molecule has 1 heterocycles. The Morgan fingerprint density at radius 2 is 1.41 bits per heavy atom. The first kappa shape index (κ1) is 20.7. The molecule has 152 valence electrons. The predicted octanol–water partition coefficient (Wildman–Crippen LogP) is 4.41. The van der Waals surface area contributed by atoms with Gasteiger partial charge in [0.1, 0.15) is 10.8 Å². The lowest BCUT2D eigenvalue weighted by atomic mass is 10.1. The van der Waals surface area contributed by atoms with Crippen LogP contribution in [0.5, 0.6) is 17.2 Å². The van der Waals surface area contributed by atoms with Gasteiger partial charge in [-0.3, -0.25) is 9.59 Å². The van der Waals surface area contributed by atoms with E-state index in [1.54, 1.807) is 42.5 Å². The normalized spacial score (nSPS) is 13.9. The van der Waals surface area contributed by atoms with Crippen molar-refractivity contribution >= 4 is 34.7 Å². The quantitative estimate of drug-likeness (QED) is 0.597. The van der Waals surface area contributed by atoms with Gasteiger partial charge in [0.15, 0.2) is 11.5 Å². The van der Waals surface area contributed by atoms with Crippen molar-refractivity contribution in [3.05, 3.63) is 53.1 Å². The van der Waals surface area contributed by atoms with Crippen LogP contribution < -0.4 is 19.1 Å². The van der Waals surface area contributed by atoms with Crippen LogP contribution >= 0.6 is 11.6 Å². The van der Waals surface area contributed by atoms with Crippen LogP contribution in [0.4, 0.5) is 5.69 Å². The fourth-order valence-corrected chi connectivity index (χ4v) is 3.33. The summed E-state index contributed by atoms with van der Waals surface area (Å²) in [6, 6.07) is 11.8. The number of carbonyl (C=O) groups excluding carboxylic acids is 2. The molecule has 0 bridgehead atoms. The van der Waals surface area contributed by atoms with Gasteiger partial charge in [-0.2, -0.15) is 0 Å². The Labute approximate surface area is 174 Å². The molecule has 6 nitrogen and oxygen atoms in total. The van der Waals surface area contributed by atoms with Crippen LogP contribution in [0, 0.1) is 0 Å². The molecule has 3 rings (SSSR count). The first-order valence-corrected chi connectivity index (χ1v) is 9.81. The molecule has 2 amide bonds. The highest BCUT2D eigenvalue weighted by molar-refractivity contribution is 6.60. The van der Waals surface area contributed by atoms with Crippen LogP contribution in [0.2, 0.25) is 0 Å². The van der Waals surface area contributed by atoms with E-state index < -0.39 is 11.8 Å². The molecule has 0 aliphatic carbocycles. The number of rotatable bonds is 8. The van der Waals surface area contributed by atoms with Gasteiger partial charge in [0.05, 0.1) is 31.1 Å². The summed E-state index contributed by atoms with van der Waals surface area (Å²) >= 11 is 6.27. The molecule has 0 saturated carbocycles. The topological polar surface area (TPSA) is 65.1 Å². The summed E-state index contributed by atoms with van der Waals surface area (Å²) in [4.78, 5) is 26.9. The van der Waals surface area contributed by atoms with Gasteiger partial charge in [0, 0.05) is 6.07 Å². The van der Waals surface area contributed by atoms with Crippen LogP contribution in [0.1, 0.15) is 26.3 Å². The lowest BCUT2D eigenvalue weighted by Gasteiger charge is -2.18. The number of amides is 2. The van der Waals surface area contributed by atoms with Crippen molar-refractivity contribution in [3.63, 3.8) is 0 Å². The molecule has 0 N–H and O–H groups in total. The molecule has 1 aliphatic rings. The Bertz CT molecular complexity index is 952. The van der Waals surface area contributed by atoms with Gasteiger partial charge in [-0.15, -0.1) is 0 Å². The van der Waals surface area contributed by atoms with E-state index >= 15 is 0 Å². The average Bonchev–Trinajstić information content (AvgIpc) is 2.93. The largest absolute Gasteiger partial charge is 0.494 e. The first-order chi connectivity index (χ1) is 14.0. The third-order valence-corrected chi connectivity index (χ3v) is 4.62. The Hall–Kier alpha value is -2.99. The smallest absolute Gasteiger partial charge is 0.277 e. The van der Waals surface area contributed by atoms with Crippen molar-refractivity contribution < 1.29 is 23.8 Å². The number of hydrogen-bond acceptors (Lipinski definition) is 5. The van der Waals surface area contributed by atoms with Gasteiger partial charge >= 0.3 is 0 Å². The molecule has 0 fully saturated rings. The molecule has 1 aliphatic heterocycles. The number of hydrogen-bond donors (Lipinski definition) is 0. The zero-order valence-corrected chi connectivity index (χ0v) is 17.3. The fourth-order valence-electron chi connectivity index (χ4n) is 3.05. The van der Waals surface area contributed by atoms with E-state index in [-0.39, 0.29) is 10.6 Å². The molecule has 0 saturated heterocycles. The third kappa shape index (κ3) is 4.07. The van der Waals surface area contributed by atoms with E-state index in [1.165, 1.54) is 0 Å². The van der Waals surface area contributed by atoms with Crippen LogP contribution in [-0.4, -0.2) is 31.6 Å². The highest BCUT2D eigenvalue weighted by atomic mass is 35.5. The van der Waals surface area contributed by atoms with E-state index in [9.17, 15) is 9.59 Å². The SMILES string of the molecule is CCOc1ccc(C2=C(Cl)C(=O)N(c3ccc(OCC)c(OCC)c3)C2=O)cc1. The Balaban J connectivity index is 1.94. The van der Waals surface area contributed by atoms with E-state index in [1.807, 2.05) is 20.8 Å². The number of benzene rings is 2. The highest BCUT2D eigenvalue weighted by Crippen LogP contribution is 2.38. The van der Waals surface area contributed by atoms with Gasteiger partial charge in [-0.1, -0.05) is 23.7 Å². The Kier molecular flexibility index (Phi) is 6.44. The van der Waals surface area contributed by atoms with Crippen LogP contribution in [0.3, 0.4) is 0 Å². The number of ether oxygens (including phenoxy) is 3. The molecular formula is C22H22ClNO5. The molecule has 0 aromatic heterocycles. The second-order valence-corrected chi connectivity index (χ2v) is 6.47. The van der Waals surface area contributed by atoms with E-state index in [4.69, 9.17) is 25.8 Å². The van der Waals surface area contributed by atoms with Crippen molar-refractivity contribution in [3.8, 4) is 17.2 Å². The number of imide groups is 1. The van der Waals surface area contributed by atoms with Gasteiger partial charge in [-0.25, -0.2) is 4.90 Å². The summed E-state index contributed by atoms with van der Waals surface area (Å²) < 4.78 is 16.6. The fraction of sp³-hybridized carbons (Fsp3) is 0.273. The maximum absolute atomic E-state index is 13.1. The van der Waals surface area contributed by atoms with Gasteiger partial charge in [0.25, 0.3) is 11.8 Å². The number of halogens is 1. The minimum atomic E-state index is -0.577. The zero-order valence-electron chi connectivity index (χ0n) is 16.5. The van der Waals surface area contributed by atoms with Crippen LogP contribution in [0.15, 0.2) is 47.5 Å². The van der Waals surface area contributed by atoms with Crippen molar-refractivity contribution in [2.24, 2.45) is 0 Å². The van der Waals surface area contributed by atoms with Crippen molar-refractivity contribution in [1.82, 2.24) is 0 Å². The average molecular weight is 416 g/mol. The van der Waals surface area contributed by atoms with E-state index in [2.05, 4.69) is 0 Å². The van der Waals surface area contributed by atoms with Crippen LogP contribution in [-0.2, 0) is 9.59 Å². The summed E-state index contributed by atoms with van der Waals surface area (Å²) in [5.41, 5.74) is 1.08. The van der Waals surface area contributed by atoms with Gasteiger partial charge < -0.3 is 14.2 Å².